The zero-order valence-electron chi connectivity index (χ0n) is 17.4. The van der Waals surface area contributed by atoms with Crippen molar-refractivity contribution in [3.8, 4) is 11.5 Å². The molecule has 0 aromatic heterocycles. The van der Waals surface area contributed by atoms with E-state index in [9.17, 15) is 9.59 Å². The van der Waals surface area contributed by atoms with Gasteiger partial charge in [0.1, 0.15) is 11.5 Å². The molecule has 0 unspecified atom stereocenters. The third kappa shape index (κ3) is 6.82. The SMILES string of the molecule is C=C(C)c1ccc(OCCC(=O)Oc2ccc(C=CC(=O)c3ccccc3)cc2)cc1. The van der Waals surface area contributed by atoms with Crippen LogP contribution in [0.5, 0.6) is 11.5 Å². The van der Waals surface area contributed by atoms with E-state index in [1.807, 2.05) is 49.4 Å². The Balaban J connectivity index is 1.44. The lowest BCUT2D eigenvalue weighted by atomic mass is 10.1. The van der Waals surface area contributed by atoms with Gasteiger partial charge in [0.05, 0.1) is 13.0 Å². The van der Waals surface area contributed by atoms with E-state index in [-0.39, 0.29) is 24.8 Å². The molecule has 0 radical (unpaired) electrons. The maximum atomic E-state index is 12.1. The van der Waals surface area contributed by atoms with Crippen LogP contribution < -0.4 is 9.47 Å². The van der Waals surface area contributed by atoms with Gasteiger partial charge in [-0.2, -0.15) is 0 Å². The maximum Gasteiger partial charge on any atom is 0.314 e. The summed E-state index contributed by atoms with van der Waals surface area (Å²) in [5, 5.41) is 0. The van der Waals surface area contributed by atoms with Gasteiger partial charge in [-0.25, -0.2) is 0 Å². The molecule has 0 N–H and O–H groups in total. The zero-order valence-corrected chi connectivity index (χ0v) is 17.4. The van der Waals surface area contributed by atoms with Gasteiger partial charge in [0.25, 0.3) is 0 Å². The lowest BCUT2D eigenvalue weighted by molar-refractivity contribution is -0.134. The summed E-state index contributed by atoms with van der Waals surface area (Å²) in [6, 6.07) is 23.6. The highest BCUT2D eigenvalue weighted by Crippen LogP contribution is 2.18. The van der Waals surface area contributed by atoms with Crippen molar-refractivity contribution in [2.24, 2.45) is 0 Å². The molecule has 3 aromatic rings. The van der Waals surface area contributed by atoms with E-state index >= 15 is 0 Å². The fourth-order valence-corrected chi connectivity index (χ4v) is 2.79. The molecule has 0 bridgehead atoms. The second-order valence-electron chi connectivity index (χ2n) is 7.01. The van der Waals surface area contributed by atoms with Crippen molar-refractivity contribution in [2.45, 2.75) is 13.3 Å². The van der Waals surface area contributed by atoms with Crippen molar-refractivity contribution in [3.05, 3.63) is 108 Å². The summed E-state index contributed by atoms with van der Waals surface area (Å²) in [5.74, 6) is 0.702. The molecule has 0 atom stereocenters. The summed E-state index contributed by atoms with van der Waals surface area (Å²) >= 11 is 0. The fourth-order valence-electron chi connectivity index (χ4n) is 2.79. The number of allylic oxidation sites excluding steroid dienone is 2. The largest absolute Gasteiger partial charge is 0.493 e. The maximum absolute atomic E-state index is 12.1. The summed E-state index contributed by atoms with van der Waals surface area (Å²) < 4.78 is 10.9. The molecule has 0 heterocycles. The topological polar surface area (TPSA) is 52.6 Å². The number of esters is 1. The molecule has 4 heteroatoms. The Labute approximate surface area is 182 Å². The van der Waals surface area contributed by atoms with Crippen molar-refractivity contribution in [1.29, 1.82) is 0 Å². The Bertz CT molecular complexity index is 1060. The van der Waals surface area contributed by atoms with Crippen molar-refractivity contribution < 1.29 is 19.1 Å². The molecular formula is C27H24O4. The summed E-state index contributed by atoms with van der Waals surface area (Å²) in [7, 11) is 0. The van der Waals surface area contributed by atoms with Crippen LogP contribution in [-0.2, 0) is 4.79 Å². The molecule has 0 saturated carbocycles. The number of ether oxygens (including phenoxy) is 2. The number of hydrogen-bond acceptors (Lipinski definition) is 4. The molecule has 0 aliphatic heterocycles. The molecule has 3 rings (SSSR count). The van der Waals surface area contributed by atoms with Crippen LogP contribution in [0.3, 0.4) is 0 Å². The van der Waals surface area contributed by atoms with Crippen LogP contribution >= 0.6 is 0 Å². The number of rotatable bonds is 9. The first-order valence-electron chi connectivity index (χ1n) is 9.98. The highest BCUT2D eigenvalue weighted by atomic mass is 16.5. The van der Waals surface area contributed by atoms with Crippen LogP contribution in [0.15, 0.2) is 91.5 Å². The lowest BCUT2D eigenvalue weighted by Gasteiger charge is -2.08. The van der Waals surface area contributed by atoms with E-state index in [4.69, 9.17) is 9.47 Å². The molecule has 156 valence electrons. The van der Waals surface area contributed by atoms with Gasteiger partial charge in [0.2, 0.25) is 0 Å². The van der Waals surface area contributed by atoms with Crippen molar-refractivity contribution in [1.82, 2.24) is 0 Å². The van der Waals surface area contributed by atoms with Crippen molar-refractivity contribution in [2.75, 3.05) is 6.61 Å². The molecule has 0 fully saturated rings. The van der Waals surface area contributed by atoms with Crippen LogP contribution in [-0.4, -0.2) is 18.4 Å². The first kappa shape index (κ1) is 21.8. The quantitative estimate of drug-likeness (QED) is 0.187. The Hall–Kier alpha value is -3.92. The van der Waals surface area contributed by atoms with E-state index in [1.54, 1.807) is 42.5 Å². The number of ketones is 1. The van der Waals surface area contributed by atoms with E-state index in [0.717, 1.165) is 16.7 Å². The van der Waals surface area contributed by atoms with Crippen LogP contribution in [0, 0.1) is 0 Å². The van der Waals surface area contributed by atoms with Gasteiger partial charge in [-0.15, -0.1) is 0 Å². The smallest absolute Gasteiger partial charge is 0.314 e. The lowest BCUT2D eigenvalue weighted by Crippen LogP contribution is -2.12. The third-order valence-corrected chi connectivity index (χ3v) is 4.52. The summed E-state index contributed by atoms with van der Waals surface area (Å²) in [6.45, 7) is 6.07. The second kappa shape index (κ2) is 10.7. The van der Waals surface area contributed by atoms with E-state index in [0.29, 0.717) is 17.1 Å². The number of carbonyl (C=O) groups excluding carboxylic acids is 2. The van der Waals surface area contributed by atoms with Crippen molar-refractivity contribution in [3.63, 3.8) is 0 Å². The normalized spacial score (nSPS) is 10.6. The van der Waals surface area contributed by atoms with Crippen LogP contribution in [0.4, 0.5) is 0 Å². The summed E-state index contributed by atoms with van der Waals surface area (Å²) in [4.78, 5) is 24.1. The molecule has 3 aromatic carbocycles. The Morgan fingerprint density at radius 1 is 0.839 bits per heavy atom. The molecule has 0 aliphatic rings. The molecule has 31 heavy (non-hydrogen) atoms. The fraction of sp³-hybridized carbons (Fsp3) is 0.111. The Morgan fingerprint density at radius 3 is 2.13 bits per heavy atom. The van der Waals surface area contributed by atoms with Gasteiger partial charge < -0.3 is 9.47 Å². The van der Waals surface area contributed by atoms with Crippen LogP contribution in [0.1, 0.15) is 34.8 Å². The predicted octanol–water partition coefficient (Wildman–Crippen LogP) is 5.99. The first-order valence-corrected chi connectivity index (χ1v) is 9.98. The van der Waals surface area contributed by atoms with Gasteiger partial charge in [-0.1, -0.05) is 72.8 Å². The highest BCUT2D eigenvalue weighted by Gasteiger charge is 2.06. The molecule has 0 saturated heterocycles. The van der Waals surface area contributed by atoms with Crippen molar-refractivity contribution >= 4 is 23.4 Å². The Kier molecular flexibility index (Phi) is 7.55. The average molecular weight is 412 g/mol. The van der Waals surface area contributed by atoms with Gasteiger partial charge in [-0.3, -0.25) is 9.59 Å². The predicted molar refractivity (Wildman–Crippen MR) is 123 cm³/mol. The van der Waals surface area contributed by atoms with Gasteiger partial charge in [0, 0.05) is 5.56 Å². The third-order valence-electron chi connectivity index (χ3n) is 4.52. The number of carbonyl (C=O) groups is 2. The van der Waals surface area contributed by atoms with Crippen LogP contribution in [0.25, 0.3) is 11.6 Å². The van der Waals surface area contributed by atoms with Crippen LogP contribution in [0.2, 0.25) is 0 Å². The minimum absolute atomic E-state index is 0.0645. The standard InChI is InChI=1S/C27H24O4/c1-20(2)22-11-15-24(16-12-22)30-19-18-27(29)31-25-13-8-21(9-14-25)10-17-26(28)23-6-4-3-5-7-23/h3-17H,1,18-19H2,2H3. The average Bonchev–Trinajstić information content (AvgIpc) is 2.79. The minimum Gasteiger partial charge on any atom is -0.493 e. The Morgan fingerprint density at radius 2 is 1.48 bits per heavy atom. The summed E-state index contributed by atoms with van der Waals surface area (Å²) in [5.41, 5.74) is 3.51. The zero-order chi connectivity index (χ0) is 22.1. The molecule has 0 spiro atoms. The first-order chi connectivity index (χ1) is 15.0. The molecule has 0 amide bonds. The van der Waals surface area contributed by atoms with E-state index < -0.39 is 0 Å². The highest BCUT2D eigenvalue weighted by molar-refractivity contribution is 6.06. The number of hydrogen-bond donors (Lipinski definition) is 0. The molecular weight excluding hydrogens is 388 g/mol. The molecule has 4 nitrogen and oxygen atoms in total. The molecule has 0 aliphatic carbocycles. The monoisotopic (exact) mass is 412 g/mol. The van der Waals surface area contributed by atoms with Gasteiger partial charge in [0.15, 0.2) is 5.78 Å². The second-order valence-corrected chi connectivity index (χ2v) is 7.01. The number of benzene rings is 3. The minimum atomic E-state index is -0.374. The van der Waals surface area contributed by atoms with E-state index in [2.05, 4.69) is 6.58 Å². The summed E-state index contributed by atoms with van der Waals surface area (Å²) in [6.07, 6.45) is 3.39. The van der Waals surface area contributed by atoms with Gasteiger partial charge in [-0.05, 0) is 48.4 Å². The van der Waals surface area contributed by atoms with Gasteiger partial charge >= 0.3 is 5.97 Å². The van der Waals surface area contributed by atoms with E-state index in [1.165, 1.54) is 6.08 Å².